The molecule has 106 valence electrons. The normalized spacial score (nSPS) is 27.5. The number of carboxylic acids is 1. The molecule has 0 radical (unpaired) electrons. The summed E-state index contributed by atoms with van der Waals surface area (Å²) in [5, 5.41) is 11.7. The average molecular weight is 273 g/mol. The zero-order valence-corrected chi connectivity index (χ0v) is 11.3. The first-order valence-electron chi connectivity index (χ1n) is 7.27. The number of fused-ring (bicyclic) bond motifs is 1. The van der Waals surface area contributed by atoms with Gasteiger partial charge < -0.3 is 10.4 Å². The van der Waals surface area contributed by atoms with E-state index in [4.69, 9.17) is 5.11 Å². The average Bonchev–Trinajstić information content (AvgIpc) is 3.12. The Morgan fingerprint density at radius 3 is 2.55 bits per heavy atom. The van der Waals surface area contributed by atoms with Gasteiger partial charge in [0.25, 0.3) is 0 Å². The van der Waals surface area contributed by atoms with E-state index in [2.05, 4.69) is 5.32 Å². The fraction of sp³-hybridized carbons (Fsp3) is 0.500. The highest BCUT2D eigenvalue weighted by Gasteiger charge is 2.54. The lowest BCUT2D eigenvalue weighted by molar-refractivity contribution is -0.136. The second kappa shape index (κ2) is 5.27. The van der Waals surface area contributed by atoms with E-state index >= 15 is 0 Å². The van der Waals surface area contributed by atoms with Crippen LogP contribution in [0.15, 0.2) is 24.3 Å². The van der Waals surface area contributed by atoms with Crippen LogP contribution in [0.25, 0.3) is 0 Å². The molecule has 2 N–H and O–H groups in total. The molecule has 1 amide bonds. The second-order valence-electron chi connectivity index (χ2n) is 5.90. The van der Waals surface area contributed by atoms with Gasteiger partial charge in [-0.3, -0.25) is 9.59 Å². The minimum atomic E-state index is -0.860. The Kier molecular flexibility index (Phi) is 3.47. The summed E-state index contributed by atoms with van der Waals surface area (Å²) in [6.07, 6.45) is 4.85. The van der Waals surface area contributed by atoms with E-state index in [0.29, 0.717) is 23.1 Å². The van der Waals surface area contributed by atoms with Gasteiger partial charge in [-0.2, -0.15) is 0 Å². The molecule has 2 fully saturated rings. The van der Waals surface area contributed by atoms with Crippen molar-refractivity contribution in [1.82, 2.24) is 0 Å². The Labute approximate surface area is 118 Å². The third-order valence-electron chi connectivity index (χ3n) is 4.51. The quantitative estimate of drug-likeness (QED) is 0.886. The van der Waals surface area contributed by atoms with Crippen LogP contribution in [-0.4, -0.2) is 17.0 Å². The molecule has 20 heavy (non-hydrogen) atoms. The first-order valence-corrected chi connectivity index (χ1v) is 7.27. The number of anilines is 1. The highest BCUT2D eigenvalue weighted by molar-refractivity contribution is 5.95. The number of benzene rings is 1. The van der Waals surface area contributed by atoms with E-state index in [0.717, 1.165) is 0 Å². The predicted molar refractivity (Wildman–Crippen MR) is 75.3 cm³/mol. The summed E-state index contributed by atoms with van der Waals surface area (Å²) >= 11 is 0. The second-order valence-corrected chi connectivity index (χ2v) is 5.90. The van der Waals surface area contributed by atoms with Gasteiger partial charge >= 0.3 is 5.97 Å². The fourth-order valence-electron chi connectivity index (χ4n) is 3.54. The van der Waals surface area contributed by atoms with Crippen LogP contribution < -0.4 is 5.32 Å². The van der Waals surface area contributed by atoms with E-state index in [1.165, 1.54) is 25.7 Å². The van der Waals surface area contributed by atoms with Crippen molar-refractivity contribution < 1.29 is 14.7 Å². The van der Waals surface area contributed by atoms with Crippen molar-refractivity contribution >= 4 is 17.6 Å². The van der Waals surface area contributed by atoms with Crippen LogP contribution >= 0.6 is 0 Å². The molecule has 0 aliphatic heterocycles. The maximum Gasteiger partial charge on any atom is 0.307 e. The maximum absolute atomic E-state index is 12.2. The number of carbonyl (C=O) groups is 2. The molecule has 0 spiro atoms. The largest absolute Gasteiger partial charge is 0.481 e. The predicted octanol–water partition coefficient (Wildman–Crippen LogP) is 2.69. The van der Waals surface area contributed by atoms with Gasteiger partial charge in [-0.05, 0) is 42.4 Å². The summed E-state index contributed by atoms with van der Waals surface area (Å²) in [6.45, 7) is 0. The van der Waals surface area contributed by atoms with E-state index in [1.54, 1.807) is 18.2 Å². The standard InChI is InChI=1S/C16H19NO3/c18-14(19)9-10-4-3-5-11(8-10)17-16(20)15-12-6-1-2-7-13(12)15/h3-5,8,12-13,15H,1-2,6-7,9H2,(H,17,20)(H,18,19). The van der Waals surface area contributed by atoms with E-state index in [-0.39, 0.29) is 18.2 Å². The van der Waals surface area contributed by atoms with Crippen molar-refractivity contribution in [2.45, 2.75) is 32.1 Å². The molecule has 3 rings (SSSR count). The summed E-state index contributed by atoms with van der Waals surface area (Å²) < 4.78 is 0. The summed E-state index contributed by atoms with van der Waals surface area (Å²) in [7, 11) is 0. The molecular weight excluding hydrogens is 254 g/mol. The molecule has 0 heterocycles. The molecule has 0 aromatic heterocycles. The van der Waals surface area contributed by atoms with Crippen LogP contribution in [0.3, 0.4) is 0 Å². The zero-order chi connectivity index (χ0) is 14.1. The van der Waals surface area contributed by atoms with Gasteiger partial charge in [-0.1, -0.05) is 25.0 Å². The van der Waals surface area contributed by atoms with Crippen LogP contribution in [0.1, 0.15) is 31.2 Å². The highest BCUT2D eigenvalue weighted by atomic mass is 16.4. The van der Waals surface area contributed by atoms with Crippen molar-refractivity contribution in [1.29, 1.82) is 0 Å². The minimum Gasteiger partial charge on any atom is -0.481 e. The van der Waals surface area contributed by atoms with Crippen molar-refractivity contribution in [3.05, 3.63) is 29.8 Å². The summed E-state index contributed by atoms with van der Waals surface area (Å²) in [4.78, 5) is 23.0. The van der Waals surface area contributed by atoms with Crippen molar-refractivity contribution in [2.75, 3.05) is 5.32 Å². The number of carbonyl (C=O) groups excluding carboxylic acids is 1. The molecule has 2 aliphatic carbocycles. The molecule has 2 aliphatic rings. The SMILES string of the molecule is O=C(O)Cc1cccc(NC(=O)C2C3CCCCC32)c1. The van der Waals surface area contributed by atoms with E-state index in [9.17, 15) is 9.59 Å². The molecule has 4 nitrogen and oxygen atoms in total. The number of carboxylic acid groups (broad SMARTS) is 1. The van der Waals surface area contributed by atoms with Crippen molar-refractivity contribution in [2.24, 2.45) is 17.8 Å². The van der Waals surface area contributed by atoms with Gasteiger partial charge in [0, 0.05) is 11.6 Å². The lowest BCUT2D eigenvalue weighted by Crippen LogP contribution is -2.15. The molecule has 2 unspecified atom stereocenters. The topological polar surface area (TPSA) is 66.4 Å². The van der Waals surface area contributed by atoms with Crippen LogP contribution in [0, 0.1) is 17.8 Å². The Hall–Kier alpha value is -1.84. The van der Waals surface area contributed by atoms with Crippen LogP contribution in [-0.2, 0) is 16.0 Å². The lowest BCUT2D eigenvalue weighted by atomic mass is 10.0. The number of aliphatic carboxylic acids is 1. The number of hydrogen-bond donors (Lipinski definition) is 2. The van der Waals surface area contributed by atoms with E-state index in [1.807, 2.05) is 6.07 Å². The maximum atomic E-state index is 12.2. The Morgan fingerprint density at radius 2 is 1.90 bits per heavy atom. The van der Waals surface area contributed by atoms with Gasteiger partial charge in [0.05, 0.1) is 6.42 Å². The Morgan fingerprint density at radius 1 is 1.20 bits per heavy atom. The Bertz CT molecular complexity index is 528. The number of rotatable bonds is 4. The monoisotopic (exact) mass is 273 g/mol. The van der Waals surface area contributed by atoms with Gasteiger partial charge in [0.1, 0.15) is 0 Å². The minimum absolute atomic E-state index is 0.0155. The van der Waals surface area contributed by atoms with Crippen LogP contribution in [0.2, 0.25) is 0 Å². The molecule has 1 aromatic rings. The Balaban J connectivity index is 1.63. The zero-order valence-electron chi connectivity index (χ0n) is 11.3. The number of hydrogen-bond acceptors (Lipinski definition) is 2. The summed E-state index contributed by atoms with van der Waals surface area (Å²) in [5.41, 5.74) is 1.42. The summed E-state index contributed by atoms with van der Waals surface area (Å²) in [5.74, 6) is 0.605. The first kappa shape index (κ1) is 13.2. The molecule has 1 aromatic carbocycles. The van der Waals surface area contributed by atoms with Crippen LogP contribution in [0.4, 0.5) is 5.69 Å². The van der Waals surface area contributed by atoms with Crippen molar-refractivity contribution in [3.63, 3.8) is 0 Å². The lowest BCUT2D eigenvalue weighted by Gasteiger charge is -2.06. The highest BCUT2D eigenvalue weighted by Crippen LogP contribution is 2.55. The molecular formula is C16H19NO3. The third kappa shape index (κ3) is 2.69. The molecule has 0 saturated heterocycles. The van der Waals surface area contributed by atoms with Gasteiger partial charge in [0.15, 0.2) is 0 Å². The van der Waals surface area contributed by atoms with Crippen molar-refractivity contribution in [3.8, 4) is 0 Å². The number of amides is 1. The third-order valence-corrected chi connectivity index (χ3v) is 4.51. The molecule has 4 heteroatoms. The molecule has 0 bridgehead atoms. The number of nitrogens with one attached hydrogen (secondary N) is 1. The van der Waals surface area contributed by atoms with Crippen LogP contribution in [0.5, 0.6) is 0 Å². The summed E-state index contributed by atoms with van der Waals surface area (Å²) in [6, 6.07) is 7.11. The van der Waals surface area contributed by atoms with Gasteiger partial charge in [0.2, 0.25) is 5.91 Å². The van der Waals surface area contributed by atoms with Gasteiger partial charge in [-0.25, -0.2) is 0 Å². The smallest absolute Gasteiger partial charge is 0.307 e. The van der Waals surface area contributed by atoms with Gasteiger partial charge in [-0.15, -0.1) is 0 Å². The first-order chi connectivity index (χ1) is 9.65. The molecule has 2 atom stereocenters. The molecule has 2 saturated carbocycles. The fourth-order valence-corrected chi connectivity index (χ4v) is 3.54. The van der Waals surface area contributed by atoms with E-state index < -0.39 is 5.97 Å².